The average Bonchev–Trinajstić information content (AvgIpc) is 2.35. The van der Waals surface area contributed by atoms with E-state index in [2.05, 4.69) is 0 Å². The summed E-state index contributed by atoms with van der Waals surface area (Å²) in [5.41, 5.74) is 4.96. The van der Waals surface area contributed by atoms with E-state index in [1.54, 1.807) is 0 Å². The molecule has 0 saturated heterocycles. The zero-order valence-electron chi connectivity index (χ0n) is 8.11. The SMILES string of the molecule is C[C@]1(O)CC[C@H]2C[C@@H]1[C@@H](O)[C@H]2CN. The van der Waals surface area contributed by atoms with Crippen LogP contribution in [0.25, 0.3) is 0 Å². The monoisotopic (exact) mass is 185 g/mol. The minimum Gasteiger partial charge on any atom is -0.392 e. The van der Waals surface area contributed by atoms with Gasteiger partial charge in [0.05, 0.1) is 11.7 Å². The van der Waals surface area contributed by atoms with E-state index in [4.69, 9.17) is 5.73 Å². The molecule has 0 heterocycles. The lowest BCUT2D eigenvalue weighted by atomic mass is 9.77. The molecule has 0 aliphatic heterocycles. The molecule has 76 valence electrons. The summed E-state index contributed by atoms with van der Waals surface area (Å²) in [5, 5.41) is 20.0. The summed E-state index contributed by atoms with van der Waals surface area (Å²) in [6, 6.07) is 0. The Labute approximate surface area is 78.9 Å². The van der Waals surface area contributed by atoms with Gasteiger partial charge < -0.3 is 15.9 Å². The van der Waals surface area contributed by atoms with Crippen molar-refractivity contribution in [3.63, 3.8) is 0 Å². The van der Waals surface area contributed by atoms with Gasteiger partial charge in [-0.1, -0.05) is 0 Å². The van der Waals surface area contributed by atoms with Crippen LogP contribution in [0.5, 0.6) is 0 Å². The molecule has 0 aromatic heterocycles. The first-order chi connectivity index (χ1) is 6.06. The molecule has 2 aliphatic carbocycles. The van der Waals surface area contributed by atoms with Crippen molar-refractivity contribution >= 4 is 0 Å². The smallest absolute Gasteiger partial charge is 0.0672 e. The minimum absolute atomic E-state index is 0.0554. The Balaban J connectivity index is 2.20. The van der Waals surface area contributed by atoms with Crippen LogP contribution in [0.3, 0.4) is 0 Å². The van der Waals surface area contributed by atoms with Crippen molar-refractivity contribution in [1.82, 2.24) is 0 Å². The third-order valence-electron chi connectivity index (χ3n) is 4.11. The zero-order chi connectivity index (χ0) is 9.64. The topological polar surface area (TPSA) is 66.5 Å². The van der Waals surface area contributed by atoms with Crippen molar-refractivity contribution in [2.24, 2.45) is 23.5 Å². The van der Waals surface area contributed by atoms with Crippen LogP contribution in [0.2, 0.25) is 0 Å². The van der Waals surface area contributed by atoms with E-state index in [-0.39, 0.29) is 17.9 Å². The maximum atomic E-state index is 10.0. The van der Waals surface area contributed by atoms with Crippen molar-refractivity contribution < 1.29 is 10.2 Å². The molecular formula is C10H19NO2. The molecule has 0 aromatic carbocycles. The van der Waals surface area contributed by atoms with E-state index in [9.17, 15) is 10.2 Å². The molecule has 2 bridgehead atoms. The number of rotatable bonds is 1. The third kappa shape index (κ3) is 1.30. The summed E-state index contributed by atoms with van der Waals surface area (Å²) in [4.78, 5) is 0. The van der Waals surface area contributed by atoms with E-state index >= 15 is 0 Å². The van der Waals surface area contributed by atoms with Crippen LogP contribution in [-0.2, 0) is 0 Å². The van der Waals surface area contributed by atoms with Gasteiger partial charge in [-0.2, -0.15) is 0 Å². The van der Waals surface area contributed by atoms with Crippen LogP contribution in [0.1, 0.15) is 26.2 Å². The van der Waals surface area contributed by atoms with Crippen LogP contribution in [0.4, 0.5) is 0 Å². The van der Waals surface area contributed by atoms with Gasteiger partial charge in [-0.15, -0.1) is 0 Å². The quantitative estimate of drug-likeness (QED) is 0.543. The molecule has 2 fully saturated rings. The second kappa shape index (κ2) is 2.94. The predicted molar refractivity (Wildman–Crippen MR) is 50.0 cm³/mol. The second-order valence-electron chi connectivity index (χ2n) is 4.89. The first kappa shape index (κ1) is 9.44. The molecule has 5 atom stereocenters. The molecular weight excluding hydrogens is 166 g/mol. The molecule has 2 rings (SSSR count). The Bertz CT molecular complexity index is 205. The predicted octanol–water partition coefficient (Wildman–Crippen LogP) is 0.103. The molecule has 0 aromatic rings. The Morgan fingerprint density at radius 1 is 1.54 bits per heavy atom. The first-order valence-electron chi connectivity index (χ1n) is 5.17. The summed E-state index contributed by atoms with van der Waals surface area (Å²) < 4.78 is 0. The molecule has 0 spiro atoms. The Hall–Kier alpha value is -0.120. The molecule has 0 unspecified atom stereocenters. The van der Waals surface area contributed by atoms with Crippen LogP contribution >= 0.6 is 0 Å². The number of aliphatic hydroxyl groups excluding tert-OH is 1. The molecule has 0 amide bonds. The normalized spacial score (nSPS) is 55.4. The van der Waals surface area contributed by atoms with Gasteiger partial charge in [-0.05, 0) is 38.6 Å². The van der Waals surface area contributed by atoms with E-state index in [1.807, 2.05) is 6.92 Å². The van der Waals surface area contributed by atoms with Crippen molar-refractivity contribution in [3.8, 4) is 0 Å². The molecule has 13 heavy (non-hydrogen) atoms. The summed E-state index contributed by atoms with van der Waals surface area (Å²) in [7, 11) is 0. The lowest BCUT2D eigenvalue weighted by Crippen LogP contribution is -2.41. The summed E-state index contributed by atoms with van der Waals surface area (Å²) in [6.07, 6.45) is 2.40. The molecule has 2 aliphatic rings. The number of nitrogens with two attached hydrogens (primary N) is 1. The third-order valence-corrected chi connectivity index (χ3v) is 4.11. The van der Waals surface area contributed by atoms with Crippen molar-refractivity contribution in [1.29, 1.82) is 0 Å². The van der Waals surface area contributed by atoms with Crippen molar-refractivity contribution in [2.75, 3.05) is 6.54 Å². The molecule has 4 N–H and O–H groups in total. The first-order valence-corrected chi connectivity index (χ1v) is 5.17. The van der Waals surface area contributed by atoms with Crippen LogP contribution in [-0.4, -0.2) is 28.5 Å². The molecule has 3 nitrogen and oxygen atoms in total. The van der Waals surface area contributed by atoms with Gasteiger partial charge in [0.25, 0.3) is 0 Å². The zero-order valence-corrected chi connectivity index (χ0v) is 8.11. The summed E-state index contributed by atoms with van der Waals surface area (Å²) >= 11 is 0. The van der Waals surface area contributed by atoms with E-state index < -0.39 is 5.60 Å². The number of hydrogen-bond acceptors (Lipinski definition) is 3. The second-order valence-corrected chi connectivity index (χ2v) is 4.89. The van der Waals surface area contributed by atoms with Crippen molar-refractivity contribution in [2.45, 2.75) is 37.9 Å². The maximum Gasteiger partial charge on any atom is 0.0672 e. The molecule has 3 heteroatoms. The highest BCUT2D eigenvalue weighted by atomic mass is 16.3. The fourth-order valence-corrected chi connectivity index (χ4v) is 3.17. The van der Waals surface area contributed by atoms with Gasteiger partial charge in [0.2, 0.25) is 0 Å². The maximum absolute atomic E-state index is 10.0. The minimum atomic E-state index is -0.667. The average molecular weight is 185 g/mol. The van der Waals surface area contributed by atoms with Gasteiger partial charge in [-0.3, -0.25) is 0 Å². The fourth-order valence-electron chi connectivity index (χ4n) is 3.17. The highest BCUT2D eigenvalue weighted by Gasteiger charge is 2.52. The highest BCUT2D eigenvalue weighted by molar-refractivity contribution is 5.03. The van der Waals surface area contributed by atoms with Gasteiger partial charge in [-0.25, -0.2) is 0 Å². The summed E-state index contributed by atoms with van der Waals surface area (Å²) in [6.45, 7) is 2.40. The Morgan fingerprint density at radius 2 is 2.23 bits per heavy atom. The van der Waals surface area contributed by atoms with E-state index in [0.29, 0.717) is 12.5 Å². The van der Waals surface area contributed by atoms with Crippen LogP contribution in [0, 0.1) is 17.8 Å². The molecule has 2 saturated carbocycles. The van der Waals surface area contributed by atoms with Crippen molar-refractivity contribution in [3.05, 3.63) is 0 Å². The van der Waals surface area contributed by atoms with E-state index in [0.717, 1.165) is 19.3 Å². The largest absolute Gasteiger partial charge is 0.392 e. The van der Waals surface area contributed by atoms with Gasteiger partial charge >= 0.3 is 0 Å². The Kier molecular flexibility index (Phi) is 2.13. The lowest BCUT2D eigenvalue weighted by molar-refractivity contribution is -0.0623. The van der Waals surface area contributed by atoms with E-state index in [1.165, 1.54) is 0 Å². The highest BCUT2D eigenvalue weighted by Crippen LogP contribution is 2.50. The van der Waals surface area contributed by atoms with Gasteiger partial charge in [0, 0.05) is 11.8 Å². The summed E-state index contributed by atoms with van der Waals surface area (Å²) in [5.74, 6) is 0.823. The number of aliphatic hydroxyl groups is 2. The standard InChI is InChI=1S/C10H19NO2/c1-10(13)3-2-6-4-8(10)9(12)7(6)5-11/h6-9,12-13H,2-5,11H2,1H3/t6-,7-,8+,9-,10-/m0/s1. The molecule has 0 radical (unpaired) electrons. The number of fused-ring (bicyclic) bond motifs is 2. The van der Waals surface area contributed by atoms with Gasteiger partial charge in [0.1, 0.15) is 0 Å². The van der Waals surface area contributed by atoms with Crippen LogP contribution in [0.15, 0.2) is 0 Å². The lowest BCUT2D eigenvalue weighted by Gasteiger charge is -2.35. The van der Waals surface area contributed by atoms with Crippen LogP contribution < -0.4 is 5.73 Å². The van der Waals surface area contributed by atoms with Gasteiger partial charge in [0.15, 0.2) is 0 Å². The number of hydrogen-bond donors (Lipinski definition) is 3. The Morgan fingerprint density at radius 3 is 2.77 bits per heavy atom. The fraction of sp³-hybridized carbons (Fsp3) is 1.00.